The Hall–Kier alpha value is -4.17. The van der Waals surface area contributed by atoms with Crippen molar-refractivity contribution in [3.05, 3.63) is 96.1 Å². The van der Waals surface area contributed by atoms with Crippen LogP contribution < -0.4 is 10.2 Å². The fraction of sp³-hybridized carbons (Fsp3) is 0.111. The molecule has 4 rings (SSSR count). The van der Waals surface area contributed by atoms with E-state index in [1.165, 1.54) is 18.0 Å². The van der Waals surface area contributed by atoms with Crippen LogP contribution in [-0.4, -0.2) is 39.7 Å². The maximum absolute atomic E-state index is 12.4. The Morgan fingerprint density at radius 1 is 1.03 bits per heavy atom. The molecule has 0 atom stereocenters. The number of thioether (sulfide) groups is 1. The van der Waals surface area contributed by atoms with Crippen molar-refractivity contribution in [1.29, 1.82) is 0 Å². The largest absolute Gasteiger partial charge is 0.496 e. The Kier molecular flexibility index (Phi) is 8.08. The quantitative estimate of drug-likeness (QED) is 0.202. The molecular weight excluding hydrogens is 458 g/mol. The molecule has 0 aliphatic rings. The van der Waals surface area contributed by atoms with E-state index in [1.54, 1.807) is 13.2 Å². The van der Waals surface area contributed by atoms with Gasteiger partial charge in [0.2, 0.25) is 0 Å². The minimum absolute atomic E-state index is 0.145. The highest BCUT2D eigenvalue weighted by Gasteiger charge is 2.17. The Balaban J connectivity index is 1.42. The van der Waals surface area contributed by atoms with E-state index in [9.17, 15) is 4.79 Å². The number of benzene rings is 3. The molecule has 1 aromatic heterocycles. The average Bonchev–Trinajstić information content (AvgIpc) is 3.32. The monoisotopic (exact) mass is 483 g/mol. The smallest absolute Gasteiger partial charge is 0.250 e. The highest BCUT2D eigenvalue weighted by atomic mass is 32.2. The normalized spacial score (nSPS) is 11.3. The molecule has 0 unspecified atom stereocenters. The van der Waals surface area contributed by atoms with Crippen molar-refractivity contribution in [3.63, 3.8) is 0 Å². The number of carbonyl (C=O) groups is 1. The molecule has 3 aromatic carbocycles. The van der Waals surface area contributed by atoms with Crippen molar-refractivity contribution in [2.24, 2.45) is 5.10 Å². The predicted molar refractivity (Wildman–Crippen MR) is 141 cm³/mol. The fourth-order valence-electron chi connectivity index (χ4n) is 3.33. The van der Waals surface area contributed by atoms with Crippen LogP contribution in [0.15, 0.2) is 95.2 Å². The molecule has 1 amide bonds. The van der Waals surface area contributed by atoms with E-state index in [4.69, 9.17) is 4.74 Å². The standard InChI is InChI=1S/C27H25N5O2S/c1-20-14-16-23(17-15-20)32-26(22-10-4-3-5-11-22)30-31-27(32)35-19-25(33)29-28-18-8-12-21-9-6-7-13-24(21)34-2/h3-18H,19H2,1-2H3,(H,29,33)/b12-8+,28-18-. The van der Waals surface area contributed by atoms with Crippen molar-refractivity contribution in [3.8, 4) is 22.8 Å². The molecule has 0 saturated carbocycles. The van der Waals surface area contributed by atoms with Crippen LogP contribution in [-0.2, 0) is 4.79 Å². The summed E-state index contributed by atoms with van der Waals surface area (Å²) in [6, 6.07) is 25.6. The van der Waals surface area contributed by atoms with Gasteiger partial charge >= 0.3 is 0 Å². The molecule has 176 valence electrons. The third-order valence-corrected chi connectivity index (χ3v) is 5.98. The van der Waals surface area contributed by atoms with Crippen LogP contribution in [0.25, 0.3) is 23.2 Å². The van der Waals surface area contributed by atoms with Crippen LogP contribution in [0, 0.1) is 6.92 Å². The number of hydrogen-bond acceptors (Lipinski definition) is 6. The van der Waals surface area contributed by atoms with Crippen molar-refractivity contribution in [2.45, 2.75) is 12.1 Å². The van der Waals surface area contributed by atoms with Gasteiger partial charge in [-0.25, -0.2) is 5.43 Å². The molecule has 7 nitrogen and oxygen atoms in total. The highest BCUT2D eigenvalue weighted by molar-refractivity contribution is 7.99. The topological polar surface area (TPSA) is 81.4 Å². The zero-order valence-electron chi connectivity index (χ0n) is 19.5. The van der Waals surface area contributed by atoms with Crippen molar-refractivity contribution in [2.75, 3.05) is 12.9 Å². The summed E-state index contributed by atoms with van der Waals surface area (Å²) >= 11 is 1.30. The Morgan fingerprint density at radius 2 is 1.77 bits per heavy atom. The van der Waals surface area contributed by atoms with Gasteiger partial charge in [-0.3, -0.25) is 9.36 Å². The Bertz CT molecular complexity index is 1330. The number of aryl methyl sites for hydroxylation is 1. The number of nitrogens with one attached hydrogen (secondary N) is 1. The fourth-order valence-corrected chi connectivity index (χ4v) is 4.07. The number of amides is 1. The van der Waals surface area contributed by atoms with E-state index in [-0.39, 0.29) is 11.7 Å². The lowest BCUT2D eigenvalue weighted by atomic mass is 10.2. The van der Waals surface area contributed by atoms with E-state index < -0.39 is 0 Å². The molecule has 0 bridgehead atoms. The third-order valence-electron chi connectivity index (χ3n) is 5.05. The summed E-state index contributed by atoms with van der Waals surface area (Å²) in [6.07, 6.45) is 5.13. The second-order valence-electron chi connectivity index (χ2n) is 7.55. The lowest BCUT2D eigenvalue weighted by Crippen LogP contribution is -2.19. The number of para-hydroxylation sites is 1. The molecule has 1 heterocycles. The van der Waals surface area contributed by atoms with Gasteiger partial charge in [-0.15, -0.1) is 10.2 Å². The number of carbonyl (C=O) groups excluding carboxylic acids is 1. The molecule has 0 aliphatic heterocycles. The number of nitrogens with zero attached hydrogens (tertiary/aromatic N) is 4. The van der Waals surface area contributed by atoms with Crippen LogP contribution >= 0.6 is 11.8 Å². The summed E-state index contributed by atoms with van der Waals surface area (Å²) in [7, 11) is 1.63. The van der Waals surface area contributed by atoms with E-state index in [2.05, 4.69) is 20.7 Å². The SMILES string of the molecule is COc1ccccc1/C=C/C=N\NC(=O)CSc1nnc(-c2ccccc2)n1-c1ccc(C)cc1. The molecular formula is C27H25N5O2S. The summed E-state index contributed by atoms with van der Waals surface area (Å²) in [5.41, 5.74) is 6.51. The summed E-state index contributed by atoms with van der Waals surface area (Å²) in [5.74, 6) is 1.39. The molecule has 0 saturated heterocycles. The van der Waals surface area contributed by atoms with Gasteiger partial charge in [-0.2, -0.15) is 5.10 Å². The van der Waals surface area contributed by atoms with Gasteiger partial charge in [-0.1, -0.05) is 78.0 Å². The summed E-state index contributed by atoms with van der Waals surface area (Å²) in [4.78, 5) is 12.4. The zero-order chi connectivity index (χ0) is 24.5. The van der Waals surface area contributed by atoms with Gasteiger partial charge in [-0.05, 0) is 37.3 Å². The Labute approximate surface area is 208 Å². The Morgan fingerprint density at radius 3 is 2.54 bits per heavy atom. The first-order valence-electron chi connectivity index (χ1n) is 11.0. The van der Waals surface area contributed by atoms with E-state index in [0.717, 1.165) is 34.0 Å². The number of aromatic nitrogens is 3. The number of rotatable bonds is 9. The van der Waals surface area contributed by atoms with Crippen molar-refractivity contribution >= 4 is 30.0 Å². The molecule has 0 aliphatic carbocycles. The number of ether oxygens (including phenoxy) is 1. The number of hydrazone groups is 1. The maximum Gasteiger partial charge on any atom is 0.250 e. The molecule has 0 fully saturated rings. The van der Waals surface area contributed by atoms with Crippen LogP contribution in [0.2, 0.25) is 0 Å². The van der Waals surface area contributed by atoms with Gasteiger partial charge in [0, 0.05) is 23.0 Å². The number of allylic oxidation sites excluding steroid dienone is 1. The molecule has 0 radical (unpaired) electrons. The molecule has 1 N–H and O–H groups in total. The molecule has 4 aromatic rings. The lowest BCUT2D eigenvalue weighted by molar-refractivity contribution is -0.118. The number of hydrogen-bond donors (Lipinski definition) is 1. The van der Waals surface area contributed by atoms with E-state index >= 15 is 0 Å². The minimum atomic E-state index is -0.239. The second kappa shape index (κ2) is 11.8. The average molecular weight is 484 g/mol. The minimum Gasteiger partial charge on any atom is -0.496 e. The van der Waals surface area contributed by atoms with Gasteiger partial charge < -0.3 is 4.74 Å². The lowest BCUT2D eigenvalue weighted by Gasteiger charge is -2.10. The predicted octanol–water partition coefficient (Wildman–Crippen LogP) is 5.16. The highest BCUT2D eigenvalue weighted by Crippen LogP contribution is 2.28. The van der Waals surface area contributed by atoms with Crippen molar-refractivity contribution in [1.82, 2.24) is 20.2 Å². The van der Waals surface area contributed by atoms with Crippen molar-refractivity contribution < 1.29 is 9.53 Å². The summed E-state index contributed by atoms with van der Waals surface area (Å²) in [5, 5.41) is 13.4. The molecule has 0 spiro atoms. The zero-order valence-corrected chi connectivity index (χ0v) is 20.3. The van der Waals surface area contributed by atoms with Crippen LogP contribution in [0.1, 0.15) is 11.1 Å². The van der Waals surface area contributed by atoms with E-state index in [0.29, 0.717) is 5.16 Å². The first-order valence-corrected chi connectivity index (χ1v) is 12.0. The maximum atomic E-state index is 12.4. The van der Waals surface area contributed by atoms with Gasteiger partial charge in [0.05, 0.1) is 12.9 Å². The van der Waals surface area contributed by atoms with Gasteiger partial charge in [0.15, 0.2) is 11.0 Å². The first kappa shape index (κ1) is 24.0. The van der Waals surface area contributed by atoms with Gasteiger partial charge in [0.25, 0.3) is 5.91 Å². The number of methoxy groups -OCH3 is 1. The van der Waals surface area contributed by atoms with Crippen LogP contribution in [0.5, 0.6) is 5.75 Å². The van der Waals surface area contributed by atoms with E-state index in [1.807, 2.05) is 96.4 Å². The second-order valence-corrected chi connectivity index (χ2v) is 8.49. The third kappa shape index (κ3) is 6.24. The van der Waals surface area contributed by atoms with Crippen LogP contribution in [0.4, 0.5) is 0 Å². The molecule has 8 heteroatoms. The van der Waals surface area contributed by atoms with Crippen LogP contribution in [0.3, 0.4) is 0 Å². The van der Waals surface area contributed by atoms with Gasteiger partial charge in [0.1, 0.15) is 5.75 Å². The first-order chi connectivity index (χ1) is 17.2. The molecule has 35 heavy (non-hydrogen) atoms. The summed E-state index contributed by atoms with van der Waals surface area (Å²) in [6.45, 7) is 2.04. The summed E-state index contributed by atoms with van der Waals surface area (Å²) < 4.78 is 7.27.